The van der Waals surface area contributed by atoms with Gasteiger partial charge < -0.3 is 0 Å². The number of hydrogen-bond donors (Lipinski definition) is 0. The fourth-order valence-corrected chi connectivity index (χ4v) is 2.02. The lowest BCUT2D eigenvalue weighted by Gasteiger charge is -2.00. The van der Waals surface area contributed by atoms with Crippen molar-refractivity contribution in [1.82, 2.24) is 0 Å². The van der Waals surface area contributed by atoms with Crippen LogP contribution in [0.15, 0.2) is 22.7 Å². The number of nitro groups is 1. The van der Waals surface area contributed by atoms with E-state index in [2.05, 4.69) is 22.9 Å². The first-order chi connectivity index (χ1) is 6.65. The summed E-state index contributed by atoms with van der Waals surface area (Å²) in [7, 11) is 0. The monoisotopic (exact) mass is 275 g/mol. The van der Waals surface area contributed by atoms with Gasteiger partial charge in [0.15, 0.2) is 0 Å². The maximum Gasteiger partial charge on any atom is 0.283 e. The van der Waals surface area contributed by atoms with Gasteiger partial charge in [0, 0.05) is 11.8 Å². The molecule has 76 valence electrons. The van der Waals surface area contributed by atoms with E-state index >= 15 is 0 Å². The Bertz CT molecular complexity index is 344. The molecule has 0 N–H and O–H groups in total. The highest BCUT2D eigenvalue weighted by Crippen LogP contribution is 2.27. The lowest BCUT2D eigenvalue weighted by molar-refractivity contribution is -0.385. The minimum absolute atomic E-state index is 0.138. The number of benzene rings is 1. The molecule has 0 spiro atoms. The molecule has 0 aliphatic carbocycles. The molecule has 0 aliphatic rings. The Morgan fingerprint density at radius 1 is 1.57 bits per heavy atom. The van der Waals surface area contributed by atoms with Crippen LogP contribution in [0.3, 0.4) is 0 Å². The predicted octanol–water partition coefficient (Wildman–Crippen LogP) is 3.61. The van der Waals surface area contributed by atoms with Gasteiger partial charge in [-0.3, -0.25) is 10.1 Å². The Morgan fingerprint density at radius 3 is 2.86 bits per heavy atom. The second-order valence-corrected chi connectivity index (χ2v) is 4.81. The van der Waals surface area contributed by atoms with E-state index in [0.29, 0.717) is 4.47 Å². The van der Waals surface area contributed by atoms with Crippen molar-refractivity contribution in [1.29, 1.82) is 0 Å². The third kappa shape index (κ3) is 2.99. The Balaban J connectivity index is 2.89. The Morgan fingerprint density at radius 2 is 2.29 bits per heavy atom. The summed E-state index contributed by atoms with van der Waals surface area (Å²) in [5, 5.41) is 10.6. The summed E-state index contributed by atoms with van der Waals surface area (Å²) in [5.41, 5.74) is 1.13. The summed E-state index contributed by atoms with van der Waals surface area (Å²) >= 11 is 4.90. The lowest BCUT2D eigenvalue weighted by atomic mass is 10.2. The first-order valence-electron chi connectivity index (χ1n) is 4.15. The number of nitrogens with zero attached hydrogens (tertiary/aromatic N) is 1. The van der Waals surface area contributed by atoms with E-state index in [1.165, 1.54) is 0 Å². The second kappa shape index (κ2) is 5.36. The van der Waals surface area contributed by atoms with Gasteiger partial charge in [0.1, 0.15) is 0 Å². The van der Waals surface area contributed by atoms with Gasteiger partial charge in [-0.05, 0) is 33.3 Å². The van der Waals surface area contributed by atoms with Crippen LogP contribution in [-0.2, 0) is 5.75 Å². The Hall–Kier alpha value is -0.550. The van der Waals surface area contributed by atoms with Crippen LogP contribution in [-0.4, -0.2) is 10.7 Å². The number of rotatable bonds is 4. The van der Waals surface area contributed by atoms with Gasteiger partial charge in [0.05, 0.1) is 9.40 Å². The minimum Gasteiger partial charge on any atom is -0.258 e. The topological polar surface area (TPSA) is 43.1 Å². The van der Waals surface area contributed by atoms with Gasteiger partial charge in [-0.25, -0.2) is 0 Å². The van der Waals surface area contributed by atoms with E-state index in [1.54, 1.807) is 23.9 Å². The maximum atomic E-state index is 10.6. The van der Waals surface area contributed by atoms with Crippen molar-refractivity contribution in [2.45, 2.75) is 12.7 Å². The largest absolute Gasteiger partial charge is 0.283 e. The molecule has 0 saturated carbocycles. The van der Waals surface area contributed by atoms with Crippen LogP contribution in [0.1, 0.15) is 12.5 Å². The highest BCUT2D eigenvalue weighted by molar-refractivity contribution is 9.10. The molecule has 0 heterocycles. The molecule has 14 heavy (non-hydrogen) atoms. The summed E-state index contributed by atoms with van der Waals surface area (Å²) in [5.74, 6) is 1.84. The van der Waals surface area contributed by atoms with Gasteiger partial charge in [-0.2, -0.15) is 11.8 Å². The summed E-state index contributed by atoms with van der Waals surface area (Å²) in [6, 6.07) is 5.25. The van der Waals surface area contributed by atoms with Crippen LogP contribution in [0.2, 0.25) is 0 Å². The van der Waals surface area contributed by atoms with Crippen molar-refractivity contribution in [2.75, 3.05) is 5.75 Å². The van der Waals surface area contributed by atoms with Gasteiger partial charge >= 0.3 is 0 Å². The van der Waals surface area contributed by atoms with Crippen molar-refractivity contribution in [3.05, 3.63) is 38.3 Å². The van der Waals surface area contributed by atoms with Gasteiger partial charge in [0.2, 0.25) is 0 Å². The first kappa shape index (κ1) is 11.5. The second-order valence-electron chi connectivity index (χ2n) is 2.68. The summed E-state index contributed by atoms with van der Waals surface area (Å²) in [4.78, 5) is 10.2. The fraction of sp³-hybridized carbons (Fsp3) is 0.333. The molecule has 0 aliphatic heterocycles. The molecule has 5 heteroatoms. The maximum absolute atomic E-state index is 10.6. The van der Waals surface area contributed by atoms with Crippen LogP contribution in [0.4, 0.5) is 5.69 Å². The molecule has 0 saturated heterocycles. The van der Waals surface area contributed by atoms with E-state index in [4.69, 9.17) is 0 Å². The average Bonchev–Trinajstić information content (AvgIpc) is 2.16. The molecule has 0 aromatic heterocycles. The van der Waals surface area contributed by atoms with Crippen LogP contribution >= 0.6 is 27.7 Å². The third-order valence-corrected chi connectivity index (χ3v) is 3.30. The minimum atomic E-state index is -0.371. The molecule has 0 fully saturated rings. The van der Waals surface area contributed by atoms with E-state index in [0.717, 1.165) is 17.1 Å². The van der Waals surface area contributed by atoms with Crippen molar-refractivity contribution in [3.63, 3.8) is 0 Å². The standard InChI is InChI=1S/C9H10BrNO2S/c1-2-14-6-7-3-4-8(10)9(5-7)11(12)13/h3-5H,2,6H2,1H3. The van der Waals surface area contributed by atoms with Gasteiger partial charge in [-0.1, -0.05) is 13.0 Å². The third-order valence-electron chi connectivity index (χ3n) is 1.68. The quantitative estimate of drug-likeness (QED) is 0.623. The molecule has 1 rings (SSSR count). The zero-order valence-electron chi connectivity index (χ0n) is 7.70. The van der Waals surface area contributed by atoms with Gasteiger partial charge in [0.25, 0.3) is 5.69 Å². The number of nitro benzene ring substituents is 1. The van der Waals surface area contributed by atoms with Crippen molar-refractivity contribution in [3.8, 4) is 0 Å². The summed E-state index contributed by atoms with van der Waals surface area (Å²) < 4.78 is 0.535. The summed E-state index contributed by atoms with van der Waals surface area (Å²) in [6.45, 7) is 2.07. The highest BCUT2D eigenvalue weighted by Gasteiger charge is 2.11. The molecule has 3 nitrogen and oxygen atoms in total. The SMILES string of the molecule is CCSCc1ccc(Br)c([N+](=O)[O-])c1. The molecule has 0 unspecified atom stereocenters. The van der Waals surface area contributed by atoms with Crippen LogP contribution in [0.5, 0.6) is 0 Å². The predicted molar refractivity (Wildman–Crippen MR) is 62.6 cm³/mol. The number of halogens is 1. The van der Waals surface area contributed by atoms with Crippen molar-refractivity contribution >= 4 is 33.4 Å². The number of thioether (sulfide) groups is 1. The van der Waals surface area contributed by atoms with Crippen LogP contribution < -0.4 is 0 Å². The molecular weight excluding hydrogens is 266 g/mol. The van der Waals surface area contributed by atoms with Gasteiger partial charge in [-0.15, -0.1) is 0 Å². The van der Waals surface area contributed by atoms with Crippen LogP contribution in [0, 0.1) is 10.1 Å². The number of hydrogen-bond acceptors (Lipinski definition) is 3. The first-order valence-corrected chi connectivity index (χ1v) is 6.10. The fourth-order valence-electron chi connectivity index (χ4n) is 1.01. The molecular formula is C9H10BrNO2S. The Kier molecular flexibility index (Phi) is 4.41. The normalized spacial score (nSPS) is 10.1. The molecule has 0 atom stereocenters. The van der Waals surface area contributed by atoms with E-state index < -0.39 is 0 Å². The molecule has 0 radical (unpaired) electrons. The van der Waals surface area contributed by atoms with E-state index in [9.17, 15) is 10.1 Å². The highest BCUT2D eigenvalue weighted by atomic mass is 79.9. The van der Waals surface area contributed by atoms with Crippen LogP contribution in [0.25, 0.3) is 0 Å². The van der Waals surface area contributed by atoms with Crippen molar-refractivity contribution in [2.24, 2.45) is 0 Å². The van der Waals surface area contributed by atoms with E-state index in [1.807, 2.05) is 6.07 Å². The Labute approximate surface area is 95.2 Å². The molecule has 0 bridgehead atoms. The molecule has 1 aromatic rings. The lowest BCUT2D eigenvalue weighted by Crippen LogP contribution is -1.91. The molecule has 0 amide bonds. The molecule has 1 aromatic carbocycles. The van der Waals surface area contributed by atoms with Crippen molar-refractivity contribution < 1.29 is 4.92 Å². The van der Waals surface area contributed by atoms with E-state index in [-0.39, 0.29) is 10.6 Å². The summed E-state index contributed by atoms with van der Waals surface area (Å²) in [6.07, 6.45) is 0. The zero-order chi connectivity index (χ0) is 10.6. The zero-order valence-corrected chi connectivity index (χ0v) is 10.1. The smallest absolute Gasteiger partial charge is 0.258 e. The average molecular weight is 276 g/mol.